The van der Waals surface area contributed by atoms with Crippen molar-refractivity contribution in [2.24, 2.45) is 5.92 Å². The average molecular weight is 368 g/mol. The van der Waals surface area contributed by atoms with E-state index in [1.165, 1.54) is 77.0 Å². The molecular formula is C23H45NO2. The van der Waals surface area contributed by atoms with Crippen molar-refractivity contribution in [1.82, 2.24) is 5.32 Å². The summed E-state index contributed by atoms with van der Waals surface area (Å²) in [6.45, 7) is 6.99. The molecule has 1 rings (SSSR count). The lowest BCUT2D eigenvalue weighted by atomic mass is 9.95. The molecule has 0 aliphatic carbocycles. The summed E-state index contributed by atoms with van der Waals surface area (Å²) in [5.74, 6) is 0.522. The summed E-state index contributed by atoms with van der Waals surface area (Å²) in [6.07, 6.45) is 18.9. The number of ether oxygens (including phenoxy) is 1. The van der Waals surface area contributed by atoms with Gasteiger partial charge in [-0.1, -0.05) is 90.9 Å². The molecule has 0 unspecified atom stereocenters. The van der Waals surface area contributed by atoms with Gasteiger partial charge in [0.05, 0.1) is 12.0 Å². The zero-order valence-corrected chi connectivity index (χ0v) is 17.7. The maximum absolute atomic E-state index is 12.5. The maximum Gasteiger partial charge on any atom is 0.139 e. The van der Waals surface area contributed by atoms with Crippen LogP contribution in [0.25, 0.3) is 0 Å². The topological polar surface area (TPSA) is 38.3 Å². The van der Waals surface area contributed by atoms with Crippen LogP contribution in [0.2, 0.25) is 0 Å². The molecule has 3 heteroatoms. The molecule has 154 valence electrons. The van der Waals surface area contributed by atoms with E-state index < -0.39 is 0 Å². The Morgan fingerprint density at radius 2 is 1.31 bits per heavy atom. The molecule has 1 N–H and O–H groups in total. The van der Waals surface area contributed by atoms with Crippen molar-refractivity contribution in [3.8, 4) is 0 Å². The number of unbranched alkanes of at least 4 members (excludes halogenated alkanes) is 12. The number of ketones is 1. The number of hydrogen-bond acceptors (Lipinski definition) is 3. The predicted molar refractivity (Wildman–Crippen MR) is 112 cm³/mol. The zero-order chi connectivity index (χ0) is 18.9. The van der Waals surface area contributed by atoms with Crippen molar-refractivity contribution in [3.63, 3.8) is 0 Å². The van der Waals surface area contributed by atoms with E-state index >= 15 is 0 Å². The fourth-order valence-corrected chi connectivity index (χ4v) is 3.89. The third kappa shape index (κ3) is 11.3. The molecular weight excluding hydrogens is 322 g/mol. The summed E-state index contributed by atoms with van der Waals surface area (Å²) in [5, 5.41) is 3.35. The van der Waals surface area contributed by atoms with Crippen LogP contribution in [0.5, 0.6) is 0 Å². The fourth-order valence-electron chi connectivity index (χ4n) is 3.89. The molecule has 0 saturated carbocycles. The molecule has 2 atom stereocenters. The van der Waals surface area contributed by atoms with Crippen molar-refractivity contribution >= 4 is 5.78 Å². The van der Waals surface area contributed by atoms with Crippen LogP contribution in [0.3, 0.4) is 0 Å². The number of rotatable bonds is 18. The SMILES string of the molecule is CCCCCCCCCCCC(=O)[C@@H]1CNC[C@@H]1OCCCCCCC. The van der Waals surface area contributed by atoms with Gasteiger partial charge >= 0.3 is 0 Å². The van der Waals surface area contributed by atoms with E-state index in [1.807, 2.05) is 0 Å². The highest BCUT2D eigenvalue weighted by molar-refractivity contribution is 5.82. The summed E-state index contributed by atoms with van der Waals surface area (Å²) in [4.78, 5) is 12.5. The first-order valence-electron chi connectivity index (χ1n) is 11.6. The minimum absolute atomic E-state index is 0.0969. The Morgan fingerprint density at radius 3 is 1.92 bits per heavy atom. The zero-order valence-electron chi connectivity index (χ0n) is 17.7. The van der Waals surface area contributed by atoms with Crippen molar-refractivity contribution in [1.29, 1.82) is 0 Å². The van der Waals surface area contributed by atoms with Gasteiger partial charge in [0, 0.05) is 26.1 Å². The molecule has 0 amide bonds. The van der Waals surface area contributed by atoms with E-state index in [4.69, 9.17) is 4.74 Å². The Hall–Kier alpha value is -0.410. The normalized spacial score (nSPS) is 19.9. The van der Waals surface area contributed by atoms with Gasteiger partial charge in [0.25, 0.3) is 0 Å². The summed E-state index contributed by atoms with van der Waals surface area (Å²) < 4.78 is 6.03. The van der Waals surface area contributed by atoms with Gasteiger partial charge < -0.3 is 10.1 Å². The Bertz CT molecular complexity index is 332. The quantitative estimate of drug-likeness (QED) is 0.300. The number of hydrogen-bond donors (Lipinski definition) is 1. The Morgan fingerprint density at radius 1 is 0.769 bits per heavy atom. The number of nitrogens with one attached hydrogen (secondary N) is 1. The molecule has 0 aromatic heterocycles. The van der Waals surface area contributed by atoms with Crippen LogP contribution >= 0.6 is 0 Å². The smallest absolute Gasteiger partial charge is 0.139 e. The predicted octanol–water partition coefficient (Wildman–Crippen LogP) is 6.05. The Labute approximate surface area is 163 Å². The lowest BCUT2D eigenvalue weighted by Crippen LogP contribution is -2.29. The fraction of sp³-hybridized carbons (Fsp3) is 0.957. The summed E-state index contributed by atoms with van der Waals surface area (Å²) in [5.41, 5.74) is 0. The maximum atomic E-state index is 12.5. The Kier molecular flexibility index (Phi) is 15.2. The van der Waals surface area contributed by atoms with Gasteiger partial charge in [-0.3, -0.25) is 4.79 Å². The molecule has 0 aromatic carbocycles. The minimum atomic E-state index is 0.0969. The molecule has 0 radical (unpaired) electrons. The van der Waals surface area contributed by atoms with E-state index in [2.05, 4.69) is 19.2 Å². The minimum Gasteiger partial charge on any atom is -0.376 e. The van der Waals surface area contributed by atoms with Crippen LogP contribution in [0.15, 0.2) is 0 Å². The van der Waals surface area contributed by atoms with Gasteiger partial charge in [0.15, 0.2) is 0 Å². The molecule has 0 aromatic rings. The largest absolute Gasteiger partial charge is 0.376 e. The van der Waals surface area contributed by atoms with Crippen LogP contribution in [-0.2, 0) is 9.53 Å². The molecule has 1 saturated heterocycles. The Balaban J connectivity index is 2.02. The standard InChI is InChI=1S/C23H45NO2/c1-3-5-7-9-10-11-12-13-15-17-22(25)21-19-24-20-23(21)26-18-16-14-8-6-4-2/h21,23-24H,3-20H2,1-2H3/t21-,23-/m0/s1. The number of Topliss-reactive ketones (excluding diaryl/α,β-unsaturated/α-hetero) is 1. The molecule has 1 aliphatic heterocycles. The highest BCUT2D eigenvalue weighted by atomic mass is 16.5. The first kappa shape index (κ1) is 23.6. The van der Waals surface area contributed by atoms with Gasteiger partial charge in [0.1, 0.15) is 5.78 Å². The van der Waals surface area contributed by atoms with E-state index in [-0.39, 0.29) is 12.0 Å². The highest BCUT2D eigenvalue weighted by Crippen LogP contribution is 2.19. The lowest BCUT2D eigenvalue weighted by molar-refractivity contribution is -0.126. The first-order chi connectivity index (χ1) is 12.8. The molecule has 26 heavy (non-hydrogen) atoms. The highest BCUT2D eigenvalue weighted by Gasteiger charge is 2.32. The molecule has 0 spiro atoms. The lowest BCUT2D eigenvalue weighted by Gasteiger charge is -2.18. The third-order valence-electron chi connectivity index (χ3n) is 5.68. The van der Waals surface area contributed by atoms with Crippen molar-refractivity contribution in [3.05, 3.63) is 0 Å². The summed E-state index contributed by atoms with van der Waals surface area (Å²) in [6, 6.07) is 0. The van der Waals surface area contributed by atoms with Gasteiger partial charge in [-0.2, -0.15) is 0 Å². The van der Waals surface area contributed by atoms with E-state index in [0.29, 0.717) is 5.78 Å². The van der Waals surface area contributed by atoms with Crippen molar-refractivity contribution in [2.75, 3.05) is 19.7 Å². The number of carbonyl (C=O) groups excluding carboxylic acids is 1. The van der Waals surface area contributed by atoms with Crippen LogP contribution in [0, 0.1) is 5.92 Å². The van der Waals surface area contributed by atoms with E-state index in [1.54, 1.807) is 0 Å². The van der Waals surface area contributed by atoms with Crippen LogP contribution in [0.1, 0.15) is 110 Å². The van der Waals surface area contributed by atoms with Crippen LogP contribution < -0.4 is 5.32 Å². The monoisotopic (exact) mass is 367 g/mol. The molecule has 1 heterocycles. The third-order valence-corrected chi connectivity index (χ3v) is 5.68. The molecule has 1 fully saturated rings. The average Bonchev–Trinajstić information content (AvgIpc) is 3.11. The second-order valence-electron chi connectivity index (χ2n) is 8.13. The summed E-state index contributed by atoms with van der Waals surface area (Å²) in [7, 11) is 0. The second-order valence-corrected chi connectivity index (χ2v) is 8.13. The molecule has 3 nitrogen and oxygen atoms in total. The second kappa shape index (κ2) is 16.7. The molecule has 1 aliphatic rings. The van der Waals surface area contributed by atoms with Gasteiger partial charge in [-0.25, -0.2) is 0 Å². The van der Waals surface area contributed by atoms with Crippen molar-refractivity contribution in [2.45, 2.75) is 116 Å². The first-order valence-corrected chi connectivity index (χ1v) is 11.6. The van der Waals surface area contributed by atoms with E-state index in [9.17, 15) is 4.79 Å². The van der Waals surface area contributed by atoms with Gasteiger partial charge in [-0.15, -0.1) is 0 Å². The van der Waals surface area contributed by atoms with Crippen molar-refractivity contribution < 1.29 is 9.53 Å². The van der Waals surface area contributed by atoms with E-state index in [0.717, 1.165) is 39.0 Å². The van der Waals surface area contributed by atoms with Gasteiger partial charge in [-0.05, 0) is 12.8 Å². The van der Waals surface area contributed by atoms with Gasteiger partial charge in [0.2, 0.25) is 0 Å². The molecule has 0 bridgehead atoms. The summed E-state index contributed by atoms with van der Waals surface area (Å²) >= 11 is 0. The van der Waals surface area contributed by atoms with Crippen LogP contribution in [0.4, 0.5) is 0 Å². The number of carbonyl (C=O) groups is 1. The van der Waals surface area contributed by atoms with Crippen LogP contribution in [-0.4, -0.2) is 31.6 Å².